The highest BCUT2D eigenvalue weighted by atomic mass is 16.6. The van der Waals surface area contributed by atoms with Gasteiger partial charge < -0.3 is 20.3 Å². The van der Waals surface area contributed by atoms with Crippen molar-refractivity contribution >= 4 is 17.9 Å². The van der Waals surface area contributed by atoms with Crippen LogP contribution in [-0.4, -0.2) is 46.5 Å². The van der Waals surface area contributed by atoms with Crippen molar-refractivity contribution in [1.29, 1.82) is 5.26 Å². The third kappa shape index (κ3) is 8.89. The Balaban J connectivity index is 3.62. The first-order chi connectivity index (χ1) is 16.0. The smallest absolute Gasteiger partial charge is 0.408 e. The zero-order chi connectivity index (χ0) is 27.1. The summed E-state index contributed by atoms with van der Waals surface area (Å²) < 4.78 is 5.38. The molecule has 35 heavy (non-hydrogen) atoms. The number of amides is 3. The Morgan fingerprint density at radius 2 is 1.63 bits per heavy atom. The van der Waals surface area contributed by atoms with Crippen LogP contribution in [-0.2, 0) is 14.3 Å². The van der Waals surface area contributed by atoms with E-state index >= 15 is 0 Å². The normalized spacial score (nSPS) is 14.2. The largest absolute Gasteiger partial charge is 0.444 e. The van der Waals surface area contributed by atoms with Gasteiger partial charge in [-0.2, -0.15) is 5.26 Å². The van der Waals surface area contributed by atoms with Crippen molar-refractivity contribution < 1.29 is 19.1 Å². The fraction of sp³-hybridized carbons (Fsp3) is 0.630. The Hall–Kier alpha value is -3.08. The summed E-state index contributed by atoms with van der Waals surface area (Å²) in [5.74, 6) is -1.16. The Bertz CT molecular complexity index is 933. The highest BCUT2D eigenvalue weighted by Crippen LogP contribution is 2.30. The summed E-state index contributed by atoms with van der Waals surface area (Å²) in [4.78, 5) is 41.5. The molecule has 0 bridgehead atoms. The van der Waals surface area contributed by atoms with Gasteiger partial charge in [0.1, 0.15) is 24.2 Å². The number of carbonyl (C=O) groups is 3. The molecule has 1 aromatic carbocycles. The number of ether oxygens (including phenoxy) is 1. The molecule has 0 saturated heterocycles. The third-order valence-electron chi connectivity index (χ3n) is 5.55. The van der Waals surface area contributed by atoms with Crippen molar-refractivity contribution in [2.24, 2.45) is 5.92 Å². The molecule has 1 aromatic rings. The lowest BCUT2D eigenvalue weighted by atomic mass is 9.91. The van der Waals surface area contributed by atoms with Crippen molar-refractivity contribution in [3.63, 3.8) is 0 Å². The lowest BCUT2D eigenvalue weighted by Crippen LogP contribution is -2.56. The van der Waals surface area contributed by atoms with Crippen molar-refractivity contribution in [2.45, 2.75) is 98.9 Å². The summed E-state index contributed by atoms with van der Waals surface area (Å²) in [5.41, 5.74) is 1.02. The molecule has 194 valence electrons. The van der Waals surface area contributed by atoms with Crippen molar-refractivity contribution in [2.75, 3.05) is 6.54 Å². The maximum absolute atomic E-state index is 14.0. The van der Waals surface area contributed by atoms with E-state index in [0.29, 0.717) is 12.0 Å². The number of rotatable bonds is 8. The summed E-state index contributed by atoms with van der Waals surface area (Å²) in [6.07, 6.45) is -0.134. The van der Waals surface area contributed by atoms with Gasteiger partial charge in [0.2, 0.25) is 11.8 Å². The highest BCUT2D eigenvalue weighted by Gasteiger charge is 2.39. The summed E-state index contributed by atoms with van der Waals surface area (Å²) >= 11 is 0. The molecule has 3 unspecified atom stereocenters. The van der Waals surface area contributed by atoms with Gasteiger partial charge in [0.15, 0.2) is 0 Å². The fourth-order valence-corrected chi connectivity index (χ4v) is 3.79. The molecule has 8 nitrogen and oxygen atoms in total. The van der Waals surface area contributed by atoms with E-state index in [1.807, 2.05) is 72.7 Å². The van der Waals surface area contributed by atoms with Crippen LogP contribution in [0.4, 0.5) is 4.79 Å². The van der Waals surface area contributed by atoms with E-state index in [-0.39, 0.29) is 12.5 Å². The average molecular weight is 487 g/mol. The van der Waals surface area contributed by atoms with Crippen LogP contribution in [0, 0.1) is 31.1 Å². The first-order valence-electron chi connectivity index (χ1n) is 12.1. The van der Waals surface area contributed by atoms with Gasteiger partial charge in [-0.25, -0.2) is 4.79 Å². The number of hydrogen-bond donors (Lipinski definition) is 2. The van der Waals surface area contributed by atoms with Crippen LogP contribution >= 0.6 is 0 Å². The molecule has 0 aliphatic rings. The van der Waals surface area contributed by atoms with E-state index in [1.54, 1.807) is 20.8 Å². The predicted octanol–water partition coefficient (Wildman–Crippen LogP) is 4.55. The summed E-state index contributed by atoms with van der Waals surface area (Å²) in [7, 11) is 0. The molecule has 0 radical (unpaired) electrons. The van der Waals surface area contributed by atoms with Gasteiger partial charge in [-0.05, 0) is 78.0 Å². The summed E-state index contributed by atoms with van der Waals surface area (Å²) in [5, 5.41) is 15.3. The number of nitrogens with one attached hydrogen (secondary N) is 2. The van der Waals surface area contributed by atoms with Gasteiger partial charge >= 0.3 is 6.09 Å². The first kappa shape index (κ1) is 30.0. The number of benzene rings is 1. The molecular formula is C27H42N4O4. The highest BCUT2D eigenvalue weighted by molar-refractivity contribution is 5.93. The van der Waals surface area contributed by atoms with Gasteiger partial charge in [0.05, 0.1) is 6.07 Å². The quantitative estimate of drug-likeness (QED) is 0.524. The molecule has 0 aromatic heterocycles. The number of nitrogens with zero attached hydrogens (tertiary/aromatic N) is 2. The minimum Gasteiger partial charge on any atom is -0.444 e. The minimum atomic E-state index is -1.05. The second-order valence-corrected chi connectivity index (χ2v) is 11.1. The minimum absolute atomic E-state index is 0.263. The van der Waals surface area contributed by atoms with Crippen LogP contribution in [0.1, 0.15) is 84.5 Å². The van der Waals surface area contributed by atoms with E-state index in [4.69, 9.17) is 4.74 Å². The third-order valence-corrected chi connectivity index (χ3v) is 5.55. The maximum Gasteiger partial charge on any atom is 0.408 e. The molecule has 0 fully saturated rings. The topological polar surface area (TPSA) is 112 Å². The lowest BCUT2D eigenvalue weighted by Gasteiger charge is -2.37. The van der Waals surface area contributed by atoms with Crippen molar-refractivity contribution in [1.82, 2.24) is 15.5 Å². The Labute approximate surface area is 210 Å². The Morgan fingerprint density at radius 1 is 1.09 bits per heavy atom. The number of aryl methyl sites for hydroxylation is 2. The average Bonchev–Trinajstić information content (AvgIpc) is 2.70. The molecule has 0 aliphatic carbocycles. The maximum atomic E-state index is 14.0. The van der Waals surface area contributed by atoms with Crippen LogP contribution < -0.4 is 10.6 Å². The number of carbonyl (C=O) groups excluding carboxylic acids is 3. The van der Waals surface area contributed by atoms with Gasteiger partial charge in [-0.3, -0.25) is 9.59 Å². The SMILES string of the molecule is CCC(C)C(NC(=O)OC(C)(C)C)C(=O)N(CC#N)C(C(=O)NC(C)(C)C)c1c(C)cccc1C. The molecule has 2 N–H and O–H groups in total. The van der Waals surface area contributed by atoms with Crippen LogP contribution in [0.15, 0.2) is 18.2 Å². The van der Waals surface area contributed by atoms with Crippen LogP contribution in [0.25, 0.3) is 0 Å². The number of alkyl carbamates (subject to hydrolysis) is 1. The first-order valence-corrected chi connectivity index (χ1v) is 12.1. The van der Waals surface area contributed by atoms with Gasteiger partial charge in [-0.15, -0.1) is 0 Å². The van der Waals surface area contributed by atoms with E-state index in [1.165, 1.54) is 4.90 Å². The molecule has 0 aliphatic heterocycles. The molecular weight excluding hydrogens is 444 g/mol. The number of hydrogen-bond acceptors (Lipinski definition) is 5. The van der Waals surface area contributed by atoms with Gasteiger partial charge in [0, 0.05) is 5.54 Å². The number of nitriles is 1. The fourth-order valence-electron chi connectivity index (χ4n) is 3.79. The van der Waals surface area contributed by atoms with Crippen molar-refractivity contribution in [3.8, 4) is 6.07 Å². The van der Waals surface area contributed by atoms with Crippen LogP contribution in [0.5, 0.6) is 0 Å². The van der Waals surface area contributed by atoms with E-state index in [2.05, 4.69) is 10.6 Å². The Kier molecular flexibility index (Phi) is 10.3. The van der Waals surface area contributed by atoms with Gasteiger partial charge in [0.25, 0.3) is 0 Å². The lowest BCUT2D eigenvalue weighted by molar-refractivity contribution is -0.143. The predicted molar refractivity (Wildman–Crippen MR) is 136 cm³/mol. The zero-order valence-electron chi connectivity index (χ0n) is 22.9. The molecule has 3 amide bonds. The van der Waals surface area contributed by atoms with E-state index in [9.17, 15) is 19.6 Å². The second kappa shape index (κ2) is 12.1. The van der Waals surface area contributed by atoms with Crippen LogP contribution in [0.2, 0.25) is 0 Å². The standard InChI is InChI=1S/C27H42N4O4/c1-11-17(2)21(29-25(34)35-27(8,9)10)24(33)31(16-15-28)22(23(32)30-26(5,6)7)20-18(3)13-12-14-19(20)4/h12-14,17,21-22H,11,16H2,1-10H3,(H,29,34)(H,30,32). The van der Waals surface area contributed by atoms with Crippen molar-refractivity contribution in [3.05, 3.63) is 34.9 Å². The molecule has 0 spiro atoms. The zero-order valence-corrected chi connectivity index (χ0v) is 22.9. The molecule has 0 saturated carbocycles. The monoisotopic (exact) mass is 486 g/mol. The van der Waals surface area contributed by atoms with E-state index < -0.39 is 41.1 Å². The Morgan fingerprint density at radius 3 is 2.06 bits per heavy atom. The molecule has 1 rings (SSSR count). The summed E-state index contributed by atoms with van der Waals surface area (Å²) in [6, 6.07) is 5.65. The van der Waals surface area contributed by atoms with Crippen LogP contribution in [0.3, 0.4) is 0 Å². The molecule has 3 atom stereocenters. The molecule has 0 heterocycles. The van der Waals surface area contributed by atoms with Gasteiger partial charge in [-0.1, -0.05) is 38.5 Å². The van der Waals surface area contributed by atoms with E-state index in [0.717, 1.165) is 11.1 Å². The molecule has 8 heteroatoms. The second-order valence-electron chi connectivity index (χ2n) is 11.1. The summed E-state index contributed by atoms with van der Waals surface area (Å²) in [6.45, 7) is 18.0.